The van der Waals surface area contributed by atoms with Crippen LogP contribution < -0.4 is 26.2 Å². The summed E-state index contributed by atoms with van der Waals surface area (Å²) in [5.41, 5.74) is 3.80. The highest BCUT2D eigenvalue weighted by Crippen LogP contribution is 2.23. The predicted molar refractivity (Wildman–Crippen MR) is 141 cm³/mol. The number of hydrogen-bond acceptors (Lipinski definition) is 9. The summed E-state index contributed by atoms with van der Waals surface area (Å²) < 4.78 is 12.4. The van der Waals surface area contributed by atoms with Gasteiger partial charge in [0.05, 0.1) is 26.1 Å². The monoisotopic (exact) mass is 529 g/mol. The minimum atomic E-state index is -0.161. The van der Waals surface area contributed by atoms with Gasteiger partial charge in [0.15, 0.2) is 5.65 Å². The summed E-state index contributed by atoms with van der Waals surface area (Å²) in [6.07, 6.45) is 6.94. The molecule has 0 radical (unpaired) electrons. The fraction of sp³-hybridized carbons (Fsp3) is 0.440. The third kappa shape index (κ3) is 5.95. The van der Waals surface area contributed by atoms with Crippen LogP contribution in [0.4, 0.5) is 0 Å². The van der Waals surface area contributed by atoms with Gasteiger partial charge in [0.1, 0.15) is 11.3 Å². The summed E-state index contributed by atoms with van der Waals surface area (Å²) in [6.45, 7) is 4.31. The van der Waals surface area contributed by atoms with E-state index in [0.717, 1.165) is 55.2 Å². The minimum Gasteiger partial charge on any atom is -0.496 e. The second-order valence-electron chi connectivity index (χ2n) is 9.06. The highest BCUT2D eigenvalue weighted by molar-refractivity contribution is 5.91. The smallest absolute Gasteiger partial charge is 0.270 e. The first-order chi connectivity index (χ1) is 17.5. The van der Waals surface area contributed by atoms with Crippen molar-refractivity contribution in [2.24, 2.45) is 0 Å². The number of nitrogens with zero attached hydrogens (tertiary/aromatic N) is 4. The molecule has 0 aromatic carbocycles. The molecule has 198 valence electrons. The summed E-state index contributed by atoms with van der Waals surface area (Å²) in [5.74, 6) is 1.14. The van der Waals surface area contributed by atoms with Gasteiger partial charge in [-0.15, -0.1) is 12.4 Å². The number of carbonyl (C=O) groups excluding carboxylic acids is 1. The standard InChI is InChI=1S/C25H31N7O4.ClH/c1-35-21-11-17(29-20-12-22(33)28-14-18(20)21)13-26-16-5-7-31(8-6-16)9-10-32-24(34)15-27-19-3-4-23(36-2)30-25(19)32;/h3-4,11-12,15-16,26,29H,5-10,13-14H2,1-2H3,(H,28,33);1H. The Morgan fingerprint density at radius 3 is 2.68 bits per heavy atom. The van der Waals surface area contributed by atoms with Gasteiger partial charge >= 0.3 is 0 Å². The van der Waals surface area contributed by atoms with E-state index in [9.17, 15) is 9.59 Å². The number of amides is 1. The zero-order valence-corrected chi connectivity index (χ0v) is 21.8. The normalized spacial score (nSPS) is 18.3. The van der Waals surface area contributed by atoms with Gasteiger partial charge in [-0.1, -0.05) is 0 Å². The van der Waals surface area contributed by atoms with Crippen molar-refractivity contribution in [3.63, 3.8) is 0 Å². The molecule has 2 aromatic rings. The molecule has 37 heavy (non-hydrogen) atoms. The number of methoxy groups -OCH3 is 2. The van der Waals surface area contributed by atoms with Gasteiger partial charge in [-0.3, -0.25) is 14.2 Å². The lowest BCUT2D eigenvalue weighted by molar-refractivity contribution is -0.116. The Balaban J connectivity index is 0.00000320. The molecule has 0 aliphatic carbocycles. The third-order valence-electron chi connectivity index (χ3n) is 6.84. The van der Waals surface area contributed by atoms with Crippen molar-refractivity contribution in [2.45, 2.75) is 25.4 Å². The van der Waals surface area contributed by atoms with Crippen molar-refractivity contribution in [3.8, 4) is 5.88 Å². The van der Waals surface area contributed by atoms with Crippen molar-refractivity contribution in [2.75, 3.05) is 46.9 Å². The van der Waals surface area contributed by atoms with Gasteiger partial charge < -0.3 is 30.3 Å². The van der Waals surface area contributed by atoms with Crippen LogP contribution in [0.1, 0.15) is 12.8 Å². The molecule has 3 aliphatic rings. The molecule has 0 saturated carbocycles. The van der Waals surface area contributed by atoms with Crippen LogP contribution in [0.2, 0.25) is 0 Å². The van der Waals surface area contributed by atoms with Crippen molar-refractivity contribution < 1.29 is 14.3 Å². The molecule has 0 spiro atoms. The molecule has 0 bridgehead atoms. The van der Waals surface area contributed by atoms with Gasteiger partial charge in [-0.05, 0) is 32.0 Å². The zero-order valence-electron chi connectivity index (χ0n) is 21.0. The number of hydrogen-bond donors (Lipinski definition) is 3. The first-order valence-corrected chi connectivity index (χ1v) is 12.1. The van der Waals surface area contributed by atoms with Crippen LogP contribution >= 0.6 is 12.4 Å². The molecular weight excluding hydrogens is 498 g/mol. The summed E-state index contributed by atoms with van der Waals surface area (Å²) in [4.78, 5) is 35.2. The van der Waals surface area contributed by atoms with E-state index in [4.69, 9.17) is 9.47 Å². The first kappa shape index (κ1) is 26.6. The number of nitrogens with one attached hydrogen (secondary N) is 3. The molecule has 11 nitrogen and oxygen atoms in total. The predicted octanol–water partition coefficient (Wildman–Crippen LogP) is 0.677. The van der Waals surface area contributed by atoms with E-state index in [1.54, 1.807) is 30.9 Å². The Bertz CT molecular complexity index is 1310. The van der Waals surface area contributed by atoms with Crippen LogP contribution in [-0.4, -0.2) is 78.3 Å². The third-order valence-corrected chi connectivity index (χ3v) is 6.84. The van der Waals surface area contributed by atoms with Crippen LogP contribution in [-0.2, 0) is 16.1 Å². The summed E-state index contributed by atoms with van der Waals surface area (Å²) in [7, 11) is 3.20. The van der Waals surface area contributed by atoms with E-state index in [0.29, 0.717) is 42.7 Å². The van der Waals surface area contributed by atoms with Crippen molar-refractivity contribution in [3.05, 3.63) is 63.6 Å². The minimum absolute atomic E-state index is 0. The van der Waals surface area contributed by atoms with Gasteiger partial charge in [-0.25, -0.2) is 4.98 Å². The fourth-order valence-electron chi connectivity index (χ4n) is 4.81. The lowest BCUT2D eigenvalue weighted by atomic mass is 10.0. The fourth-order valence-corrected chi connectivity index (χ4v) is 4.81. The van der Waals surface area contributed by atoms with E-state index in [-0.39, 0.29) is 23.9 Å². The maximum Gasteiger partial charge on any atom is 0.270 e. The quantitative estimate of drug-likeness (QED) is 0.453. The van der Waals surface area contributed by atoms with E-state index >= 15 is 0 Å². The lowest BCUT2D eigenvalue weighted by Crippen LogP contribution is -2.45. The molecule has 0 atom stereocenters. The van der Waals surface area contributed by atoms with E-state index in [2.05, 4.69) is 30.8 Å². The number of piperidine rings is 1. The molecule has 5 rings (SSSR count). The SMILES string of the molecule is COC1=C2CNC(=O)C=C2NC(CNC2CCN(CCn3c(=O)cnc4ccc(OC)nc43)CC2)=C1.Cl. The zero-order chi connectivity index (χ0) is 25.1. The number of carbonyl (C=O) groups is 1. The Morgan fingerprint density at radius 1 is 1.11 bits per heavy atom. The highest BCUT2D eigenvalue weighted by Gasteiger charge is 2.24. The first-order valence-electron chi connectivity index (χ1n) is 12.1. The number of allylic oxidation sites excluding steroid dienone is 1. The molecule has 1 saturated heterocycles. The molecule has 5 heterocycles. The topological polar surface area (TPSA) is 123 Å². The number of dihydropyridines is 1. The van der Waals surface area contributed by atoms with Crippen LogP contribution in [0.15, 0.2) is 58.0 Å². The van der Waals surface area contributed by atoms with Crippen LogP contribution in [0.5, 0.6) is 5.88 Å². The molecule has 0 unspecified atom stereocenters. The molecular formula is C25H32ClN7O4. The molecule has 1 fully saturated rings. The molecule has 1 amide bonds. The van der Waals surface area contributed by atoms with Crippen LogP contribution in [0.3, 0.4) is 0 Å². The van der Waals surface area contributed by atoms with Gasteiger partial charge in [-0.2, -0.15) is 4.98 Å². The largest absolute Gasteiger partial charge is 0.496 e. The maximum absolute atomic E-state index is 12.5. The lowest BCUT2D eigenvalue weighted by Gasteiger charge is -2.33. The number of rotatable bonds is 8. The Hall–Kier alpha value is -3.41. The molecule has 3 N–H and O–H groups in total. The van der Waals surface area contributed by atoms with Gasteiger partial charge in [0.25, 0.3) is 5.56 Å². The highest BCUT2D eigenvalue weighted by atomic mass is 35.5. The maximum atomic E-state index is 12.5. The van der Waals surface area contributed by atoms with Crippen LogP contribution in [0, 0.1) is 0 Å². The summed E-state index contributed by atoms with van der Waals surface area (Å²) in [5, 5.41) is 9.81. The molecule has 12 heteroatoms. The van der Waals surface area contributed by atoms with E-state index < -0.39 is 0 Å². The van der Waals surface area contributed by atoms with Crippen LogP contribution in [0.25, 0.3) is 11.2 Å². The van der Waals surface area contributed by atoms with Gasteiger partial charge in [0.2, 0.25) is 11.8 Å². The Kier molecular flexibility index (Phi) is 8.47. The number of fused-ring (bicyclic) bond motifs is 2. The number of halogens is 1. The Morgan fingerprint density at radius 2 is 1.92 bits per heavy atom. The average molecular weight is 530 g/mol. The second-order valence-corrected chi connectivity index (χ2v) is 9.06. The van der Waals surface area contributed by atoms with Crippen molar-refractivity contribution in [1.82, 2.24) is 35.4 Å². The number of likely N-dealkylation sites (tertiary alicyclic amines) is 1. The second kappa shape index (κ2) is 11.8. The Labute approximate surface area is 221 Å². The number of pyridine rings is 1. The van der Waals surface area contributed by atoms with E-state index in [1.165, 1.54) is 6.20 Å². The number of aromatic nitrogens is 3. The summed E-state index contributed by atoms with van der Waals surface area (Å²) in [6, 6.07) is 3.95. The number of ether oxygens (including phenoxy) is 2. The van der Waals surface area contributed by atoms with E-state index in [1.807, 2.05) is 12.1 Å². The molecule has 2 aromatic heterocycles. The van der Waals surface area contributed by atoms with Crippen molar-refractivity contribution >= 4 is 29.5 Å². The average Bonchev–Trinajstić information content (AvgIpc) is 2.90. The van der Waals surface area contributed by atoms with Crippen molar-refractivity contribution in [1.29, 1.82) is 0 Å². The van der Waals surface area contributed by atoms with Gasteiger partial charge in [0, 0.05) is 61.7 Å². The molecule has 3 aliphatic heterocycles. The summed E-state index contributed by atoms with van der Waals surface area (Å²) >= 11 is 0.